The maximum atomic E-state index is 10.2. The molecule has 0 saturated carbocycles. The van der Waals surface area contributed by atoms with Crippen LogP contribution >= 0.6 is 0 Å². The molecule has 6 heteroatoms. The minimum atomic E-state index is -1.71. The molecule has 0 spiro atoms. The molecule has 0 aliphatic carbocycles. The maximum Gasteiger partial charge on any atom is 0.440 e. The molecular formula is C3H6N2O3S. The minimum absolute atomic E-state index is 0.302. The molecule has 1 aliphatic heterocycles. The Morgan fingerprint density at radius 1 is 1.78 bits per heavy atom. The van der Waals surface area contributed by atoms with Crippen LogP contribution in [0, 0.1) is 0 Å². The zero-order chi connectivity index (χ0) is 6.69. The average molecular weight is 150 g/mol. The fourth-order valence-corrected chi connectivity index (χ4v) is 0.837. The van der Waals surface area contributed by atoms with E-state index in [1.165, 1.54) is 0 Å². The molecule has 1 heterocycles. The Kier molecular flexibility index (Phi) is 2.01. The Labute approximate surface area is 54.7 Å². The predicted molar refractivity (Wildman–Crippen MR) is 31.4 cm³/mol. The largest absolute Gasteiger partial charge is 0.440 e. The lowest BCUT2D eigenvalue weighted by Crippen LogP contribution is -2.07. The highest BCUT2D eigenvalue weighted by Gasteiger charge is 2.15. The lowest BCUT2D eigenvalue weighted by atomic mass is 10.4. The molecular weight excluding hydrogens is 144 g/mol. The molecule has 5 nitrogen and oxygen atoms in total. The van der Waals surface area contributed by atoms with Gasteiger partial charge in [-0.25, -0.2) is 0 Å². The van der Waals surface area contributed by atoms with Gasteiger partial charge in [0.15, 0.2) is 0 Å². The van der Waals surface area contributed by atoms with Gasteiger partial charge in [-0.05, 0) is 5.16 Å². The molecule has 1 unspecified atom stereocenters. The van der Waals surface area contributed by atoms with E-state index in [9.17, 15) is 4.21 Å². The van der Waals surface area contributed by atoms with Gasteiger partial charge in [-0.3, -0.25) is 4.28 Å². The lowest BCUT2D eigenvalue weighted by molar-refractivity contribution is 0.371. The number of nitrogens with two attached hydrogens (primary N) is 1. The zero-order valence-corrected chi connectivity index (χ0v) is 5.39. The summed E-state index contributed by atoms with van der Waals surface area (Å²) in [5, 5.41) is 3.32. The van der Waals surface area contributed by atoms with Gasteiger partial charge in [0.2, 0.25) is 5.90 Å². The molecule has 1 aliphatic rings. The summed E-state index contributed by atoms with van der Waals surface area (Å²) in [7, 11) is 0. The molecule has 52 valence electrons. The van der Waals surface area contributed by atoms with Gasteiger partial charge in [0, 0.05) is 13.0 Å². The van der Waals surface area contributed by atoms with Gasteiger partial charge in [0.05, 0.1) is 0 Å². The first-order valence-corrected chi connectivity index (χ1v) is 3.37. The number of nitrogens with zero attached hydrogens (tertiary/aromatic N) is 1. The second-order valence-corrected chi connectivity index (χ2v) is 2.11. The van der Waals surface area contributed by atoms with E-state index in [1.54, 1.807) is 0 Å². The Morgan fingerprint density at radius 3 is 3.00 bits per heavy atom. The second-order valence-electron chi connectivity index (χ2n) is 1.39. The van der Waals surface area contributed by atoms with Crippen molar-refractivity contribution >= 4 is 17.3 Å². The summed E-state index contributed by atoms with van der Waals surface area (Å²) in [6.07, 6.45) is 0.464. The smallest absolute Gasteiger partial charge is 0.350 e. The van der Waals surface area contributed by atoms with Crippen molar-refractivity contribution in [1.82, 2.24) is 0 Å². The molecule has 1 rings (SSSR count). The van der Waals surface area contributed by atoms with Crippen LogP contribution in [0.1, 0.15) is 6.42 Å². The number of hydrogen-bond acceptors (Lipinski definition) is 5. The van der Waals surface area contributed by atoms with Crippen LogP contribution < -0.4 is 5.73 Å². The van der Waals surface area contributed by atoms with Crippen molar-refractivity contribution in [2.75, 3.05) is 6.54 Å². The monoisotopic (exact) mass is 150 g/mol. The van der Waals surface area contributed by atoms with Crippen LogP contribution in [0.4, 0.5) is 0 Å². The van der Waals surface area contributed by atoms with Gasteiger partial charge in [-0.2, -0.15) is 4.21 Å². The maximum absolute atomic E-state index is 10.2. The Morgan fingerprint density at radius 2 is 2.56 bits per heavy atom. The van der Waals surface area contributed by atoms with Crippen molar-refractivity contribution in [3.8, 4) is 0 Å². The Balaban J connectivity index is 2.36. The molecule has 1 atom stereocenters. The third-order valence-corrected chi connectivity index (χ3v) is 1.25. The third kappa shape index (κ3) is 1.65. The standard InChI is InChI=1S/C3H6N2O3S/c4-2-1-3-5-8-9(6)7-3/h1-2,4H2. The minimum Gasteiger partial charge on any atom is -0.350 e. The SMILES string of the molecule is NCCC1=NOS(=O)O1. The van der Waals surface area contributed by atoms with E-state index in [0.29, 0.717) is 18.9 Å². The van der Waals surface area contributed by atoms with E-state index >= 15 is 0 Å². The van der Waals surface area contributed by atoms with E-state index in [-0.39, 0.29) is 0 Å². The van der Waals surface area contributed by atoms with Gasteiger partial charge >= 0.3 is 11.4 Å². The normalized spacial score (nSPS) is 24.6. The molecule has 0 aromatic carbocycles. The predicted octanol–water partition coefficient (Wildman–Crippen LogP) is -0.726. The highest BCUT2D eigenvalue weighted by molar-refractivity contribution is 7.75. The van der Waals surface area contributed by atoms with E-state index in [1.807, 2.05) is 0 Å². The number of hydrogen-bond donors (Lipinski definition) is 1. The number of rotatable bonds is 2. The Bertz CT molecular complexity index is 157. The van der Waals surface area contributed by atoms with Gasteiger partial charge < -0.3 is 9.92 Å². The summed E-state index contributed by atoms with van der Waals surface area (Å²) in [4.78, 5) is 0. The molecule has 9 heavy (non-hydrogen) atoms. The molecule has 0 aromatic heterocycles. The summed E-state index contributed by atoms with van der Waals surface area (Å²) in [6.45, 7) is 0.416. The van der Waals surface area contributed by atoms with Crippen molar-refractivity contribution in [3.05, 3.63) is 0 Å². The Hall–Kier alpha value is -0.620. The summed E-state index contributed by atoms with van der Waals surface area (Å²) in [5.74, 6) is 0.302. The second kappa shape index (κ2) is 2.79. The summed E-state index contributed by atoms with van der Waals surface area (Å²) in [5.41, 5.74) is 5.14. The van der Waals surface area contributed by atoms with Gasteiger partial charge in [-0.15, -0.1) is 0 Å². The average Bonchev–Trinajstić information content (AvgIpc) is 2.17. The van der Waals surface area contributed by atoms with Gasteiger partial charge in [-0.1, -0.05) is 0 Å². The highest BCUT2D eigenvalue weighted by Crippen LogP contribution is 2.04. The van der Waals surface area contributed by atoms with Crippen LogP contribution in [0.2, 0.25) is 0 Å². The highest BCUT2D eigenvalue weighted by atomic mass is 32.2. The summed E-state index contributed by atoms with van der Waals surface area (Å²) < 4.78 is 19.0. The van der Waals surface area contributed by atoms with Crippen molar-refractivity contribution in [1.29, 1.82) is 0 Å². The van der Waals surface area contributed by atoms with Crippen LogP contribution in [0.25, 0.3) is 0 Å². The number of oxime groups is 1. The molecule has 0 fully saturated rings. The van der Waals surface area contributed by atoms with Crippen LogP contribution in [-0.2, 0) is 19.8 Å². The van der Waals surface area contributed by atoms with Crippen molar-refractivity contribution in [2.24, 2.45) is 10.9 Å². The van der Waals surface area contributed by atoms with E-state index < -0.39 is 11.4 Å². The first-order chi connectivity index (χ1) is 4.33. The van der Waals surface area contributed by atoms with Crippen LogP contribution in [0.5, 0.6) is 0 Å². The van der Waals surface area contributed by atoms with Gasteiger partial charge in [0.25, 0.3) is 0 Å². The molecule has 0 bridgehead atoms. The van der Waals surface area contributed by atoms with Gasteiger partial charge in [0.1, 0.15) is 0 Å². The van der Waals surface area contributed by atoms with Crippen LogP contribution in [-0.4, -0.2) is 16.7 Å². The van der Waals surface area contributed by atoms with E-state index in [0.717, 1.165) is 0 Å². The molecule has 0 amide bonds. The topological polar surface area (TPSA) is 73.9 Å². The summed E-state index contributed by atoms with van der Waals surface area (Å²) >= 11 is -1.71. The third-order valence-electron chi connectivity index (χ3n) is 0.722. The van der Waals surface area contributed by atoms with E-state index in [4.69, 9.17) is 5.73 Å². The van der Waals surface area contributed by atoms with Crippen LogP contribution in [0.15, 0.2) is 5.16 Å². The molecule has 2 N–H and O–H groups in total. The fraction of sp³-hybridized carbons (Fsp3) is 0.667. The quantitative estimate of drug-likeness (QED) is 0.563. The first kappa shape index (κ1) is 6.50. The molecule has 0 radical (unpaired) electrons. The van der Waals surface area contributed by atoms with Crippen molar-refractivity contribution in [3.63, 3.8) is 0 Å². The van der Waals surface area contributed by atoms with Crippen LogP contribution in [0.3, 0.4) is 0 Å². The zero-order valence-electron chi connectivity index (χ0n) is 4.57. The van der Waals surface area contributed by atoms with Crippen molar-refractivity contribution in [2.45, 2.75) is 6.42 Å². The fourth-order valence-electron chi connectivity index (χ4n) is 0.392. The van der Waals surface area contributed by atoms with E-state index in [2.05, 4.69) is 13.6 Å². The molecule has 0 aromatic rings. The van der Waals surface area contributed by atoms with Crippen molar-refractivity contribution < 1.29 is 12.7 Å². The summed E-state index contributed by atoms with van der Waals surface area (Å²) in [6, 6.07) is 0. The molecule has 0 saturated heterocycles. The lowest BCUT2D eigenvalue weighted by Gasteiger charge is -1.89. The first-order valence-electron chi connectivity index (χ1n) is 2.37.